The van der Waals surface area contributed by atoms with Gasteiger partial charge in [0.25, 0.3) is 5.78 Å². The number of aliphatic carboxylic acids is 1. The summed E-state index contributed by atoms with van der Waals surface area (Å²) in [6.45, 7) is 0.173. The molecule has 0 atom stereocenters. The van der Waals surface area contributed by atoms with Gasteiger partial charge in [-0.1, -0.05) is 30.0 Å². The van der Waals surface area contributed by atoms with Crippen LogP contribution in [0.1, 0.15) is 15.2 Å². The van der Waals surface area contributed by atoms with Gasteiger partial charge in [0.05, 0.1) is 4.88 Å². The Balaban J connectivity index is 1.91. The lowest BCUT2D eigenvalue weighted by molar-refractivity contribution is -0.131. The summed E-state index contributed by atoms with van der Waals surface area (Å²) in [7, 11) is 0. The maximum absolute atomic E-state index is 11.2. The summed E-state index contributed by atoms with van der Waals surface area (Å²) in [4.78, 5) is 21.9. The fourth-order valence-corrected chi connectivity index (χ4v) is 2.16. The first-order valence-corrected chi connectivity index (χ1v) is 6.57. The van der Waals surface area contributed by atoms with E-state index in [0.717, 1.165) is 16.9 Å². The standard InChI is InChI=1S/C15H10O4S/c16-14(15(17)18)13-9-12(10-20-13)19-8-4-7-11-5-2-1-3-6-11/h1-3,5-6,9-10H,8H2,(H,17,18). The Bertz CT molecular complexity index is 677. The van der Waals surface area contributed by atoms with E-state index in [1.807, 2.05) is 30.3 Å². The maximum Gasteiger partial charge on any atom is 0.378 e. The van der Waals surface area contributed by atoms with Crippen molar-refractivity contribution in [3.05, 3.63) is 52.2 Å². The van der Waals surface area contributed by atoms with Crippen LogP contribution in [0.2, 0.25) is 0 Å². The fraction of sp³-hybridized carbons (Fsp3) is 0.0667. The Kier molecular flexibility index (Phi) is 4.53. The fourth-order valence-electron chi connectivity index (χ4n) is 1.40. The molecule has 2 rings (SSSR count). The van der Waals surface area contributed by atoms with Crippen LogP contribution in [0.15, 0.2) is 41.8 Å². The largest absolute Gasteiger partial charge is 0.480 e. The molecule has 1 heterocycles. The van der Waals surface area contributed by atoms with Gasteiger partial charge < -0.3 is 9.84 Å². The molecule has 0 saturated carbocycles. The number of ether oxygens (including phenoxy) is 1. The van der Waals surface area contributed by atoms with Gasteiger partial charge in [0, 0.05) is 17.0 Å². The van der Waals surface area contributed by atoms with E-state index in [0.29, 0.717) is 5.75 Å². The second kappa shape index (κ2) is 6.55. The number of rotatable bonds is 4. The molecule has 0 amide bonds. The van der Waals surface area contributed by atoms with Crippen LogP contribution in [0.3, 0.4) is 0 Å². The zero-order valence-electron chi connectivity index (χ0n) is 10.3. The number of benzene rings is 1. The number of thiophene rings is 1. The average Bonchev–Trinajstić information content (AvgIpc) is 2.92. The van der Waals surface area contributed by atoms with Crippen molar-refractivity contribution >= 4 is 23.1 Å². The van der Waals surface area contributed by atoms with Gasteiger partial charge in [0.1, 0.15) is 12.4 Å². The van der Waals surface area contributed by atoms with Crippen molar-refractivity contribution in [3.8, 4) is 17.6 Å². The first-order valence-electron chi connectivity index (χ1n) is 5.69. The summed E-state index contributed by atoms with van der Waals surface area (Å²) in [6, 6.07) is 10.9. The van der Waals surface area contributed by atoms with E-state index >= 15 is 0 Å². The van der Waals surface area contributed by atoms with Crippen LogP contribution in [0, 0.1) is 11.8 Å². The van der Waals surface area contributed by atoms with Crippen LogP contribution >= 0.6 is 11.3 Å². The number of carbonyl (C=O) groups is 2. The van der Waals surface area contributed by atoms with Gasteiger partial charge in [0.2, 0.25) is 0 Å². The van der Waals surface area contributed by atoms with Gasteiger partial charge in [-0.3, -0.25) is 4.79 Å². The number of hydrogen-bond donors (Lipinski definition) is 1. The van der Waals surface area contributed by atoms with E-state index in [9.17, 15) is 9.59 Å². The summed E-state index contributed by atoms with van der Waals surface area (Å²) in [5.41, 5.74) is 0.892. The molecule has 100 valence electrons. The maximum atomic E-state index is 11.2. The van der Waals surface area contributed by atoms with Gasteiger partial charge >= 0.3 is 5.97 Å². The summed E-state index contributed by atoms with van der Waals surface area (Å²) in [5.74, 6) is 3.82. The van der Waals surface area contributed by atoms with E-state index in [1.54, 1.807) is 5.38 Å². The minimum atomic E-state index is -1.47. The molecule has 2 aromatic rings. The normalized spacial score (nSPS) is 9.40. The average molecular weight is 286 g/mol. The van der Waals surface area contributed by atoms with Crippen molar-refractivity contribution in [1.82, 2.24) is 0 Å². The Labute approximate surface area is 119 Å². The zero-order valence-corrected chi connectivity index (χ0v) is 11.1. The quantitative estimate of drug-likeness (QED) is 0.532. The Morgan fingerprint density at radius 1 is 1.25 bits per heavy atom. The first kappa shape index (κ1) is 13.8. The number of hydrogen-bond acceptors (Lipinski definition) is 4. The van der Waals surface area contributed by atoms with Crippen LogP contribution in [0.5, 0.6) is 5.75 Å². The smallest absolute Gasteiger partial charge is 0.378 e. The third-order valence-corrected chi connectivity index (χ3v) is 3.22. The van der Waals surface area contributed by atoms with E-state index in [4.69, 9.17) is 9.84 Å². The van der Waals surface area contributed by atoms with Crippen molar-refractivity contribution in [3.63, 3.8) is 0 Å². The van der Waals surface area contributed by atoms with Gasteiger partial charge in [-0.15, -0.1) is 11.3 Å². The Morgan fingerprint density at radius 3 is 2.70 bits per heavy atom. The molecule has 0 spiro atoms. The van der Waals surface area contributed by atoms with Crippen molar-refractivity contribution in [2.75, 3.05) is 6.61 Å². The second-order valence-electron chi connectivity index (χ2n) is 3.74. The molecule has 0 aliphatic rings. The summed E-state index contributed by atoms with van der Waals surface area (Å²) in [6.07, 6.45) is 0. The molecule has 0 unspecified atom stereocenters. The molecule has 0 radical (unpaired) electrons. The van der Waals surface area contributed by atoms with Crippen molar-refractivity contribution in [2.45, 2.75) is 0 Å². The summed E-state index contributed by atoms with van der Waals surface area (Å²) in [5, 5.41) is 10.2. The molecule has 4 nitrogen and oxygen atoms in total. The monoisotopic (exact) mass is 286 g/mol. The summed E-state index contributed by atoms with van der Waals surface area (Å²) < 4.78 is 5.33. The van der Waals surface area contributed by atoms with Gasteiger partial charge in [-0.2, -0.15) is 0 Å². The number of Topliss-reactive ketones (excluding diaryl/α,β-unsaturated/α-hetero) is 1. The van der Waals surface area contributed by atoms with E-state index in [1.165, 1.54) is 6.07 Å². The van der Waals surface area contributed by atoms with Crippen molar-refractivity contribution < 1.29 is 19.4 Å². The predicted octanol–water partition coefficient (Wildman–Crippen LogP) is 2.45. The summed E-state index contributed by atoms with van der Waals surface area (Å²) >= 11 is 1.04. The van der Waals surface area contributed by atoms with Gasteiger partial charge in [-0.05, 0) is 12.1 Å². The molecule has 0 bridgehead atoms. The van der Waals surface area contributed by atoms with Crippen LogP contribution in [0.4, 0.5) is 0 Å². The number of carboxylic acid groups (broad SMARTS) is 1. The molecule has 20 heavy (non-hydrogen) atoms. The highest BCUT2D eigenvalue weighted by molar-refractivity contribution is 7.13. The molecule has 0 aliphatic carbocycles. The lowest BCUT2D eigenvalue weighted by Gasteiger charge is -1.95. The predicted molar refractivity (Wildman–Crippen MR) is 75.1 cm³/mol. The molecule has 1 N–H and O–H groups in total. The molecule has 0 fully saturated rings. The molecule has 5 heteroatoms. The van der Waals surface area contributed by atoms with Crippen LogP contribution in [-0.2, 0) is 4.79 Å². The molecule has 0 aliphatic heterocycles. The van der Waals surface area contributed by atoms with Crippen LogP contribution < -0.4 is 4.74 Å². The van der Waals surface area contributed by atoms with Gasteiger partial charge in [-0.25, -0.2) is 4.79 Å². The van der Waals surface area contributed by atoms with E-state index in [2.05, 4.69) is 11.8 Å². The second-order valence-corrected chi connectivity index (χ2v) is 4.65. The molecule has 1 aromatic carbocycles. The third kappa shape index (κ3) is 3.70. The lowest BCUT2D eigenvalue weighted by Crippen LogP contribution is -2.10. The first-order chi connectivity index (χ1) is 9.66. The minimum Gasteiger partial charge on any atom is -0.480 e. The zero-order chi connectivity index (χ0) is 14.4. The lowest BCUT2D eigenvalue weighted by atomic mass is 10.2. The van der Waals surface area contributed by atoms with Crippen molar-refractivity contribution in [2.24, 2.45) is 0 Å². The third-order valence-electron chi connectivity index (χ3n) is 2.31. The van der Waals surface area contributed by atoms with Gasteiger partial charge in [0.15, 0.2) is 0 Å². The van der Waals surface area contributed by atoms with Crippen LogP contribution in [0.25, 0.3) is 0 Å². The number of carboxylic acids is 1. The molecular formula is C15H10O4S. The number of ketones is 1. The van der Waals surface area contributed by atoms with E-state index < -0.39 is 11.8 Å². The Hall–Kier alpha value is -2.58. The topological polar surface area (TPSA) is 63.6 Å². The van der Waals surface area contributed by atoms with E-state index in [-0.39, 0.29) is 11.5 Å². The number of carbonyl (C=O) groups excluding carboxylic acids is 1. The van der Waals surface area contributed by atoms with Crippen LogP contribution in [-0.4, -0.2) is 23.5 Å². The highest BCUT2D eigenvalue weighted by atomic mass is 32.1. The minimum absolute atomic E-state index is 0.142. The molecule has 1 aromatic heterocycles. The highest BCUT2D eigenvalue weighted by Gasteiger charge is 2.16. The molecule has 0 saturated heterocycles. The molecular weight excluding hydrogens is 276 g/mol. The van der Waals surface area contributed by atoms with Crippen molar-refractivity contribution in [1.29, 1.82) is 0 Å². The SMILES string of the molecule is O=C(O)C(=O)c1cc(OCC#Cc2ccccc2)cs1. The highest BCUT2D eigenvalue weighted by Crippen LogP contribution is 2.21. The Morgan fingerprint density at radius 2 is 2.00 bits per heavy atom.